The van der Waals surface area contributed by atoms with E-state index in [-0.39, 0.29) is 0 Å². The largest absolute Gasteiger partial charge is 0.399 e. The van der Waals surface area contributed by atoms with E-state index in [1.807, 2.05) is 12.1 Å². The first-order chi connectivity index (χ1) is 8.95. The zero-order valence-corrected chi connectivity index (χ0v) is 12.7. The summed E-state index contributed by atoms with van der Waals surface area (Å²) < 4.78 is 0. The summed E-state index contributed by atoms with van der Waals surface area (Å²) in [4.78, 5) is 2.63. The minimum absolute atomic E-state index is 0.464. The average molecular weight is 260 g/mol. The molecule has 0 bridgehead atoms. The van der Waals surface area contributed by atoms with E-state index in [9.17, 15) is 0 Å². The van der Waals surface area contributed by atoms with E-state index in [0.29, 0.717) is 5.41 Å². The second-order valence-electron chi connectivity index (χ2n) is 7.00. The standard InChI is InChI=1S/C17H28N2/c1-17(2,3)15-10-12-19(13-15)11-4-5-14-6-8-16(18)9-7-14/h6-9,15H,4-5,10-13,18H2,1-3H3. The van der Waals surface area contributed by atoms with E-state index < -0.39 is 0 Å². The SMILES string of the molecule is CC(C)(C)C1CCN(CCCc2ccc(N)cc2)C1. The monoisotopic (exact) mass is 260 g/mol. The molecule has 1 atom stereocenters. The summed E-state index contributed by atoms with van der Waals surface area (Å²) >= 11 is 0. The van der Waals surface area contributed by atoms with Crippen LogP contribution < -0.4 is 5.73 Å². The fraction of sp³-hybridized carbons (Fsp3) is 0.647. The van der Waals surface area contributed by atoms with Crippen LogP contribution in [0.15, 0.2) is 24.3 Å². The van der Waals surface area contributed by atoms with Crippen molar-refractivity contribution in [3.05, 3.63) is 29.8 Å². The molecule has 0 amide bonds. The summed E-state index contributed by atoms with van der Waals surface area (Å²) in [5, 5.41) is 0. The van der Waals surface area contributed by atoms with Gasteiger partial charge in [-0.25, -0.2) is 0 Å². The van der Waals surface area contributed by atoms with Crippen LogP contribution in [0.1, 0.15) is 39.2 Å². The normalized spacial score (nSPS) is 20.9. The summed E-state index contributed by atoms with van der Waals surface area (Å²) in [5.74, 6) is 0.865. The smallest absolute Gasteiger partial charge is 0.0314 e. The Morgan fingerprint density at radius 2 is 1.89 bits per heavy atom. The third kappa shape index (κ3) is 4.24. The van der Waals surface area contributed by atoms with Gasteiger partial charge in [-0.05, 0) is 61.4 Å². The van der Waals surface area contributed by atoms with Crippen LogP contribution in [-0.4, -0.2) is 24.5 Å². The van der Waals surface area contributed by atoms with E-state index in [4.69, 9.17) is 5.73 Å². The second kappa shape index (κ2) is 5.96. The molecule has 0 radical (unpaired) electrons. The van der Waals surface area contributed by atoms with Crippen molar-refractivity contribution in [2.45, 2.75) is 40.0 Å². The molecule has 1 aliphatic rings. The summed E-state index contributed by atoms with van der Waals surface area (Å²) in [6.45, 7) is 10.9. The minimum Gasteiger partial charge on any atom is -0.399 e. The fourth-order valence-electron chi connectivity index (χ4n) is 2.93. The molecule has 2 rings (SSSR count). The number of hydrogen-bond donors (Lipinski definition) is 1. The van der Waals surface area contributed by atoms with Gasteiger partial charge in [0.05, 0.1) is 0 Å². The van der Waals surface area contributed by atoms with Crippen molar-refractivity contribution in [2.24, 2.45) is 11.3 Å². The van der Waals surface area contributed by atoms with Crippen LogP contribution in [0.4, 0.5) is 5.69 Å². The Bertz CT molecular complexity index is 389. The Morgan fingerprint density at radius 1 is 1.21 bits per heavy atom. The summed E-state index contributed by atoms with van der Waals surface area (Å²) in [6.07, 6.45) is 3.78. The maximum atomic E-state index is 5.70. The Morgan fingerprint density at radius 3 is 2.47 bits per heavy atom. The lowest BCUT2D eigenvalue weighted by molar-refractivity contribution is 0.228. The summed E-state index contributed by atoms with van der Waals surface area (Å²) in [5.41, 5.74) is 8.43. The van der Waals surface area contributed by atoms with Crippen LogP contribution in [0.2, 0.25) is 0 Å². The number of nitrogen functional groups attached to an aromatic ring is 1. The molecule has 19 heavy (non-hydrogen) atoms. The van der Waals surface area contributed by atoms with Crippen LogP contribution in [0, 0.1) is 11.3 Å². The topological polar surface area (TPSA) is 29.3 Å². The molecule has 1 fully saturated rings. The molecule has 1 aliphatic heterocycles. The highest BCUT2D eigenvalue weighted by atomic mass is 15.1. The summed E-state index contributed by atoms with van der Waals surface area (Å²) in [7, 11) is 0. The molecule has 0 saturated carbocycles. The van der Waals surface area contributed by atoms with Crippen LogP contribution in [0.3, 0.4) is 0 Å². The zero-order chi connectivity index (χ0) is 13.9. The molecule has 1 aromatic carbocycles. The highest BCUT2D eigenvalue weighted by Crippen LogP contribution is 2.33. The Balaban J connectivity index is 1.71. The van der Waals surface area contributed by atoms with Crippen LogP contribution in [0.25, 0.3) is 0 Å². The quantitative estimate of drug-likeness (QED) is 0.839. The maximum absolute atomic E-state index is 5.70. The van der Waals surface area contributed by atoms with Crippen LogP contribution in [0.5, 0.6) is 0 Å². The third-order valence-corrected chi connectivity index (χ3v) is 4.42. The zero-order valence-electron chi connectivity index (χ0n) is 12.7. The number of benzene rings is 1. The predicted molar refractivity (Wildman–Crippen MR) is 83.2 cm³/mol. The molecule has 1 aromatic rings. The first kappa shape index (κ1) is 14.4. The molecular weight excluding hydrogens is 232 g/mol. The predicted octanol–water partition coefficient (Wildman–Crippen LogP) is 3.57. The molecule has 0 spiro atoms. The van der Waals surface area contributed by atoms with E-state index in [1.54, 1.807) is 0 Å². The van der Waals surface area contributed by atoms with Gasteiger partial charge in [-0.1, -0.05) is 32.9 Å². The average Bonchev–Trinajstić information content (AvgIpc) is 2.80. The Labute approximate surface area is 118 Å². The van der Waals surface area contributed by atoms with Gasteiger partial charge in [0.15, 0.2) is 0 Å². The van der Waals surface area contributed by atoms with Crippen molar-refractivity contribution in [1.82, 2.24) is 4.90 Å². The molecule has 106 valence electrons. The number of hydrogen-bond acceptors (Lipinski definition) is 2. The number of rotatable bonds is 4. The van der Waals surface area contributed by atoms with Gasteiger partial charge in [-0.15, -0.1) is 0 Å². The van der Waals surface area contributed by atoms with Crippen molar-refractivity contribution in [2.75, 3.05) is 25.4 Å². The highest BCUT2D eigenvalue weighted by molar-refractivity contribution is 5.39. The van der Waals surface area contributed by atoms with Gasteiger partial charge in [0.1, 0.15) is 0 Å². The summed E-state index contributed by atoms with van der Waals surface area (Å²) in [6, 6.07) is 8.30. The molecule has 2 heteroatoms. The third-order valence-electron chi connectivity index (χ3n) is 4.42. The van der Waals surface area contributed by atoms with Crippen LogP contribution in [-0.2, 0) is 6.42 Å². The number of nitrogens with zero attached hydrogens (tertiary/aromatic N) is 1. The van der Waals surface area contributed by atoms with E-state index >= 15 is 0 Å². The number of anilines is 1. The van der Waals surface area contributed by atoms with Crippen molar-refractivity contribution in [3.8, 4) is 0 Å². The molecule has 1 heterocycles. The van der Waals surface area contributed by atoms with E-state index in [0.717, 1.165) is 18.0 Å². The molecular formula is C17H28N2. The van der Waals surface area contributed by atoms with E-state index in [2.05, 4.69) is 37.8 Å². The molecule has 0 aliphatic carbocycles. The fourth-order valence-corrected chi connectivity index (χ4v) is 2.93. The van der Waals surface area contributed by atoms with Gasteiger partial charge >= 0.3 is 0 Å². The van der Waals surface area contributed by atoms with Gasteiger partial charge in [-0.2, -0.15) is 0 Å². The van der Waals surface area contributed by atoms with Crippen molar-refractivity contribution >= 4 is 5.69 Å². The van der Waals surface area contributed by atoms with Gasteiger partial charge in [-0.3, -0.25) is 0 Å². The van der Waals surface area contributed by atoms with Crippen LogP contribution >= 0.6 is 0 Å². The molecule has 2 N–H and O–H groups in total. The molecule has 2 nitrogen and oxygen atoms in total. The van der Waals surface area contributed by atoms with Crippen molar-refractivity contribution < 1.29 is 0 Å². The lowest BCUT2D eigenvalue weighted by Crippen LogP contribution is -2.26. The van der Waals surface area contributed by atoms with Crippen molar-refractivity contribution in [1.29, 1.82) is 0 Å². The van der Waals surface area contributed by atoms with E-state index in [1.165, 1.54) is 38.0 Å². The minimum atomic E-state index is 0.464. The first-order valence-electron chi connectivity index (χ1n) is 7.52. The molecule has 1 unspecified atom stereocenters. The van der Waals surface area contributed by atoms with Gasteiger partial charge < -0.3 is 10.6 Å². The first-order valence-corrected chi connectivity index (χ1v) is 7.52. The number of aryl methyl sites for hydroxylation is 1. The highest BCUT2D eigenvalue weighted by Gasteiger charge is 2.31. The van der Waals surface area contributed by atoms with Gasteiger partial charge in [0, 0.05) is 12.2 Å². The second-order valence-corrected chi connectivity index (χ2v) is 7.00. The Kier molecular flexibility index (Phi) is 4.51. The molecule has 0 aromatic heterocycles. The maximum Gasteiger partial charge on any atom is 0.0314 e. The number of nitrogens with two attached hydrogens (primary N) is 1. The van der Waals surface area contributed by atoms with Gasteiger partial charge in [0.2, 0.25) is 0 Å². The number of likely N-dealkylation sites (tertiary alicyclic amines) is 1. The molecule has 1 saturated heterocycles. The van der Waals surface area contributed by atoms with Crippen molar-refractivity contribution in [3.63, 3.8) is 0 Å². The lowest BCUT2D eigenvalue weighted by Gasteiger charge is -2.27. The Hall–Kier alpha value is -1.02. The lowest BCUT2D eigenvalue weighted by atomic mass is 9.80. The van der Waals surface area contributed by atoms with Gasteiger partial charge in [0.25, 0.3) is 0 Å².